The molecule has 0 radical (unpaired) electrons. The molecule has 2 rings (SSSR count). The number of piperidine rings is 1. The van der Waals surface area contributed by atoms with Crippen molar-refractivity contribution in [2.24, 2.45) is 5.92 Å². The molecule has 0 unspecified atom stereocenters. The van der Waals surface area contributed by atoms with Gasteiger partial charge in [-0.3, -0.25) is 9.59 Å². The first-order valence-electron chi connectivity index (χ1n) is 8.66. The van der Waals surface area contributed by atoms with Gasteiger partial charge in [-0.05, 0) is 51.9 Å². The van der Waals surface area contributed by atoms with E-state index in [-0.39, 0.29) is 36.7 Å². The van der Waals surface area contributed by atoms with Crippen molar-refractivity contribution < 1.29 is 14.3 Å². The monoisotopic (exact) mass is 369 g/mol. The van der Waals surface area contributed by atoms with Crippen LogP contribution in [0.2, 0.25) is 0 Å². The molecule has 1 fully saturated rings. The summed E-state index contributed by atoms with van der Waals surface area (Å²) in [5.74, 6) is 0.649. The molecule has 2 amide bonds. The predicted octanol–water partition coefficient (Wildman–Crippen LogP) is 2.29. The Kier molecular flexibility index (Phi) is 9.31. The largest absolute Gasteiger partial charge is 0.484 e. The first-order valence-corrected chi connectivity index (χ1v) is 8.66. The van der Waals surface area contributed by atoms with Gasteiger partial charge in [-0.15, -0.1) is 12.4 Å². The van der Waals surface area contributed by atoms with Crippen LogP contribution in [-0.2, 0) is 9.59 Å². The van der Waals surface area contributed by atoms with Crippen LogP contribution in [0, 0.1) is 5.92 Å². The molecule has 1 aromatic carbocycles. The molecule has 0 aromatic heterocycles. The minimum atomic E-state index is -0.0378. The molecule has 0 spiro atoms. The fourth-order valence-electron chi connectivity index (χ4n) is 2.80. The van der Waals surface area contributed by atoms with Crippen molar-refractivity contribution >= 4 is 29.9 Å². The predicted molar refractivity (Wildman–Crippen MR) is 101 cm³/mol. The molecule has 1 aromatic rings. The topological polar surface area (TPSA) is 70.7 Å². The average molecular weight is 370 g/mol. The number of likely N-dealkylation sites (N-methyl/N-ethyl adjacent to an activating group) is 1. The van der Waals surface area contributed by atoms with Crippen LogP contribution in [0.15, 0.2) is 24.3 Å². The zero-order chi connectivity index (χ0) is 17.4. The highest BCUT2D eigenvalue weighted by molar-refractivity contribution is 5.92. The molecule has 0 atom stereocenters. The number of anilines is 1. The molecule has 0 saturated carbocycles. The number of rotatable bonds is 7. The summed E-state index contributed by atoms with van der Waals surface area (Å²) in [4.78, 5) is 26.0. The maximum atomic E-state index is 12.3. The van der Waals surface area contributed by atoms with Gasteiger partial charge in [-0.1, -0.05) is 6.07 Å². The van der Waals surface area contributed by atoms with Crippen molar-refractivity contribution in [1.82, 2.24) is 10.2 Å². The van der Waals surface area contributed by atoms with E-state index in [1.165, 1.54) is 0 Å². The van der Waals surface area contributed by atoms with Crippen LogP contribution < -0.4 is 15.4 Å². The maximum absolute atomic E-state index is 12.3. The Morgan fingerprint density at radius 2 is 1.92 bits per heavy atom. The first-order chi connectivity index (χ1) is 11.6. The van der Waals surface area contributed by atoms with Crippen molar-refractivity contribution in [3.05, 3.63) is 24.3 Å². The number of carbonyl (C=O) groups is 2. The van der Waals surface area contributed by atoms with Gasteiger partial charge in [0.15, 0.2) is 6.61 Å². The molecular weight excluding hydrogens is 342 g/mol. The molecule has 6 nitrogen and oxygen atoms in total. The zero-order valence-electron chi connectivity index (χ0n) is 14.9. The van der Waals surface area contributed by atoms with Crippen molar-refractivity contribution in [1.29, 1.82) is 0 Å². The average Bonchev–Trinajstić information content (AvgIpc) is 2.62. The number of carbonyl (C=O) groups excluding carboxylic acids is 2. The number of nitrogens with zero attached hydrogens (tertiary/aromatic N) is 1. The SMILES string of the molecule is CCN(CC)C(=O)COc1cccc(NC(=O)C2CCNCC2)c1.Cl. The Morgan fingerprint density at radius 3 is 2.56 bits per heavy atom. The van der Waals surface area contributed by atoms with Gasteiger partial charge in [0.25, 0.3) is 5.91 Å². The van der Waals surface area contributed by atoms with E-state index in [0.29, 0.717) is 24.5 Å². The molecule has 1 heterocycles. The normalized spacial score (nSPS) is 14.3. The van der Waals surface area contributed by atoms with Gasteiger partial charge in [0.1, 0.15) is 5.75 Å². The summed E-state index contributed by atoms with van der Waals surface area (Å²) in [5.41, 5.74) is 0.700. The number of ether oxygens (including phenoxy) is 1. The standard InChI is InChI=1S/C18H27N3O3.ClH/c1-3-21(4-2)17(22)13-24-16-7-5-6-15(12-16)20-18(23)14-8-10-19-11-9-14;/h5-7,12,14,19H,3-4,8-11,13H2,1-2H3,(H,20,23);1H. The number of halogens is 1. The Hall–Kier alpha value is -1.79. The molecule has 1 saturated heterocycles. The minimum absolute atomic E-state index is 0. The van der Waals surface area contributed by atoms with Gasteiger partial charge >= 0.3 is 0 Å². The van der Waals surface area contributed by atoms with E-state index >= 15 is 0 Å². The highest BCUT2D eigenvalue weighted by Gasteiger charge is 2.21. The van der Waals surface area contributed by atoms with Gasteiger partial charge in [0, 0.05) is 30.8 Å². The third kappa shape index (κ3) is 6.55. The van der Waals surface area contributed by atoms with Crippen LogP contribution in [0.3, 0.4) is 0 Å². The number of hydrogen-bond acceptors (Lipinski definition) is 4. The lowest BCUT2D eigenvalue weighted by Gasteiger charge is -2.22. The lowest BCUT2D eigenvalue weighted by Crippen LogP contribution is -2.34. The van der Waals surface area contributed by atoms with E-state index in [0.717, 1.165) is 25.9 Å². The van der Waals surface area contributed by atoms with E-state index < -0.39 is 0 Å². The van der Waals surface area contributed by atoms with Crippen molar-refractivity contribution in [3.8, 4) is 5.75 Å². The van der Waals surface area contributed by atoms with Crippen LogP contribution in [0.5, 0.6) is 5.75 Å². The number of nitrogens with one attached hydrogen (secondary N) is 2. The molecule has 140 valence electrons. The van der Waals surface area contributed by atoms with Gasteiger partial charge < -0.3 is 20.3 Å². The minimum Gasteiger partial charge on any atom is -0.484 e. The van der Waals surface area contributed by atoms with Crippen molar-refractivity contribution in [2.75, 3.05) is 38.1 Å². The quantitative estimate of drug-likeness (QED) is 0.773. The van der Waals surface area contributed by atoms with Gasteiger partial charge in [0.2, 0.25) is 5.91 Å². The van der Waals surface area contributed by atoms with E-state index in [1.54, 1.807) is 17.0 Å². The molecule has 0 aliphatic carbocycles. The Bertz CT molecular complexity index is 558. The molecule has 25 heavy (non-hydrogen) atoms. The first kappa shape index (κ1) is 21.3. The Balaban J connectivity index is 0.00000312. The van der Waals surface area contributed by atoms with E-state index in [2.05, 4.69) is 10.6 Å². The highest BCUT2D eigenvalue weighted by Crippen LogP contribution is 2.20. The number of benzene rings is 1. The Labute approximate surface area is 155 Å². The highest BCUT2D eigenvalue weighted by atomic mass is 35.5. The summed E-state index contributed by atoms with van der Waals surface area (Å²) >= 11 is 0. The van der Waals surface area contributed by atoms with Crippen LogP contribution in [0.4, 0.5) is 5.69 Å². The second-order valence-electron chi connectivity index (χ2n) is 5.90. The summed E-state index contributed by atoms with van der Waals surface area (Å²) in [6, 6.07) is 7.19. The van der Waals surface area contributed by atoms with Crippen molar-refractivity contribution in [3.63, 3.8) is 0 Å². The summed E-state index contributed by atoms with van der Waals surface area (Å²) in [7, 11) is 0. The van der Waals surface area contributed by atoms with E-state index in [4.69, 9.17) is 4.74 Å². The lowest BCUT2D eigenvalue weighted by atomic mass is 9.97. The Morgan fingerprint density at radius 1 is 1.24 bits per heavy atom. The molecule has 2 N–H and O–H groups in total. The maximum Gasteiger partial charge on any atom is 0.260 e. The zero-order valence-corrected chi connectivity index (χ0v) is 15.7. The van der Waals surface area contributed by atoms with Gasteiger partial charge in [-0.2, -0.15) is 0 Å². The van der Waals surface area contributed by atoms with Crippen molar-refractivity contribution in [2.45, 2.75) is 26.7 Å². The molecule has 1 aliphatic rings. The fourth-order valence-corrected chi connectivity index (χ4v) is 2.80. The smallest absolute Gasteiger partial charge is 0.260 e. The third-order valence-corrected chi connectivity index (χ3v) is 4.29. The van der Waals surface area contributed by atoms with E-state index in [1.807, 2.05) is 26.0 Å². The summed E-state index contributed by atoms with van der Waals surface area (Å²) < 4.78 is 5.57. The second-order valence-corrected chi connectivity index (χ2v) is 5.90. The number of amides is 2. The second kappa shape index (κ2) is 10.9. The van der Waals surface area contributed by atoms with E-state index in [9.17, 15) is 9.59 Å². The lowest BCUT2D eigenvalue weighted by molar-refractivity contribution is -0.133. The van der Waals surface area contributed by atoms with Crippen LogP contribution in [0.25, 0.3) is 0 Å². The summed E-state index contributed by atoms with van der Waals surface area (Å²) in [6.07, 6.45) is 1.72. The fraction of sp³-hybridized carbons (Fsp3) is 0.556. The third-order valence-electron chi connectivity index (χ3n) is 4.29. The van der Waals surface area contributed by atoms with Crippen LogP contribution in [0.1, 0.15) is 26.7 Å². The van der Waals surface area contributed by atoms with Gasteiger partial charge in [-0.25, -0.2) is 0 Å². The summed E-state index contributed by atoms with van der Waals surface area (Å²) in [5, 5.41) is 6.20. The van der Waals surface area contributed by atoms with Gasteiger partial charge in [0.05, 0.1) is 0 Å². The molecule has 0 bridgehead atoms. The summed E-state index contributed by atoms with van der Waals surface area (Å²) in [6.45, 7) is 7.00. The van der Waals surface area contributed by atoms with Crippen LogP contribution in [-0.4, -0.2) is 49.5 Å². The molecular formula is C18H28ClN3O3. The molecule has 7 heteroatoms. The van der Waals surface area contributed by atoms with Crippen LogP contribution >= 0.6 is 12.4 Å². The number of hydrogen-bond donors (Lipinski definition) is 2. The molecule has 1 aliphatic heterocycles.